The number of fused-ring (bicyclic) bond motifs is 1. The van der Waals surface area contributed by atoms with E-state index in [1.165, 1.54) is 5.56 Å². The van der Waals surface area contributed by atoms with Gasteiger partial charge in [-0.15, -0.1) is 11.3 Å². The van der Waals surface area contributed by atoms with Crippen molar-refractivity contribution >= 4 is 38.9 Å². The van der Waals surface area contributed by atoms with E-state index in [1.807, 2.05) is 42.6 Å². The summed E-state index contributed by atoms with van der Waals surface area (Å²) in [6.07, 6.45) is 0. The summed E-state index contributed by atoms with van der Waals surface area (Å²) in [5, 5.41) is 6.27. The van der Waals surface area contributed by atoms with E-state index in [4.69, 9.17) is 4.74 Å². The van der Waals surface area contributed by atoms with Crippen LogP contribution >= 0.6 is 11.3 Å². The first-order chi connectivity index (χ1) is 10.7. The number of anilines is 2. The van der Waals surface area contributed by atoms with E-state index >= 15 is 0 Å². The van der Waals surface area contributed by atoms with Crippen molar-refractivity contribution in [1.29, 1.82) is 0 Å². The van der Waals surface area contributed by atoms with Crippen molar-refractivity contribution in [2.45, 2.75) is 13.8 Å². The highest BCUT2D eigenvalue weighted by Gasteiger charge is 2.14. The van der Waals surface area contributed by atoms with Gasteiger partial charge in [0.2, 0.25) is 0 Å². The highest BCUT2D eigenvalue weighted by molar-refractivity contribution is 7.17. The summed E-state index contributed by atoms with van der Waals surface area (Å²) in [7, 11) is 0. The predicted octanol–water partition coefficient (Wildman–Crippen LogP) is 4.53. The van der Waals surface area contributed by atoms with Crippen LogP contribution in [0.25, 0.3) is 10.1 Å². The summed E-state index contributed by atoms with van der Waals surface area (Å²) < 4.78 is 6.06. The first-order valence-electron chi connectivity index (χ1n) is 7.06. The minimum absolute atomic E-state index is 0.325. The molecule has 2 aromatic heterocycles. The van der Waals surface area contributed by atoms with Crippen molar-refractivity contribution in [3.63, 3.8) is 0 Å². The predicted molar refractivity (Wildman–Crippen MR) is 90.0 cm³/mol. The smallest absolute Gasteiger partial charge is 0.357 e. The lowest BCUT2D eigenvalue weighted by Crippen LogP contribution is -2.08. The van der Waals surface area contributed by atoms with Gasteiger partial charge >= 0.3 is 5.97 Å². The molecule has 22 heavy (non-hydrogen) atoms. The SMILES string of the molecule is CCOC(=O)c1cc2sccc2c(Nc2ccc(C)cc2)n1. The minimum atomic E-state index is -0.398. The number of nitrogens with one attached hydrogen (secondary N) is 1. The molecule has 0 bridgehead atoms. The zero-order chi connectivity index (χ0) is 15.5. The highest BCUT2D eigenvalue weighted by atomic mass is 32.1. The lowest BCUT2D eigenvalue weighted by molar-refractivity contribution is 0.0520. The van der Waals surface area contributed by atoms with Gasteiger partial charge in [0.25, 0.3) is 0 Å². The third kappa shape index (κ3) is 2.94. The molecule has 1 aromatic carbocycles. The molecule has 4 nitrogen and oxygen atoms in total. The number of pyridine rings is 1. The molecule has 1 N–H and O–H groups in total. The average molecular weight is 312 g/mol. The van der Waals surface area contributed by atoms with E-state index in [9.17, 15) is 4.79 Å². The number of esters is 1. The van der Waals surface area contributed by atoms with Crippen LogP contribution in [-0.4, -0.2) is 17.6 Å². The first kappa shape index (κ1) is 14.5. The zero-order valence-electron chi connectivity index (χ0n) is 12.4. The van der Waals surface area contributed by atoms with Crippen molar-refractivity contribution in [3.05, 3.63) is 53.0 Å². The monoisotopic (exact) mass is 312 g/mol. The van der Waals surface area contributed by atoms with Gasteiger partial charge in [0.05, 0.1) is 6.61 Å². The number of carbonyl (C=O) groups excluding carboxylic acids is 1. The van der Waals surface area contributed by atoms with Gasteiger partial charge in [-0.25, -0.2) is 9.78 Å². The van der Waals surface area contributed by atoms with Crippen molar-refractivity contribution < 1.29 is 9.53 Å². The maximum absolute atomic E-state index is 12.0. The molecule has 2 heterocycles. The molecule has 0 saturated carbocycles. The number of carbonyl (C=O) groups is 1. The Morgan fingerprint density at radius 2 is 2.05 bits per heavy atom. The molecule has 0 amide bonds. The Kier molecular flexibility index (Phi) is 4.06. The molecule has 112 valence electrons. The standard InChI is InChI=1S/C17H16N2O2S/c1-3-21-17(20)14-10-15-13(8-9-22-15)16(19-14)18-12-6-4-11(2)5-7-12/h4-10H,3H2,1-2H3,(H,18,19). The molecule has 0 aliphatic rings. The Hall–Kier alpha value is -2.40. The second kappa shape index (κ2) is 6.15. The molecule has 0 atom stereocenters. The van der Waals surface area contributed by atoms with Gasteiger partial charge in [0.15, 0.2) is 5.69 Å². The number of nitrogens with zero attached hydrogens (tertiary/aromatic N) is 1. The van der Waals surface area contributed by atoms with Crippen LogP contribution in [0.4, 0.5) is 11.5 Å². The maximum atomic E-state index is 12.0. The number of hydrogen-bond donors (Lipinski definition) is 1. The van der Waals surface area contributed by atoms with Gasteiger partial charge in [-0.1, -0.05) is 17.7 Å². The van der Waals surface area contributed by atoms with E-state index < -0.39 is 5.97 Å². The van der Waals surface area contributed by atoms with Crippen molar-refractivity contribution in [3.8, 4) is 0 Å². The van der Waals surface area contributed by atoms with Gasteiger partial charge in [-0.2, -0.15) is 0 Å². The van der Waals surface area contributed by atoms with Gasteiger partial charge in [-0.3, -0.25) is 0 Å². The lowest BCUT2D eigenvalue weighted by atomic mass is 10.2. The average Bonchev–Trinajstić information content (AvgIpc) is 2.98. The van der Waals surface area contributed by atoms with Crippen LogP contribution in [0.1, 0.15) is 23.0 Å². The quantitative estimate of drug-likeness (QED) is 0.719. The molecule has 0 radical (unpaired) electrons. The fourth-order valence-electron chi connectivity index (χ4n) is 2.14. The lowest BCUT2D eigenvalue weighted by Gasteiger charge is -2.09. The van der Waals surface area contributed by atoms with E-state index in [0.717, 1.165) is 15.8 Å². The summed E-state index contributed by atoms with van der Waals surface area (Å²) in [5.41, 5.74) is 2.46. The number of aromatic nitrogens is 1. The minimum Gasteiger partial charge on any atom is -0.461 e. The second-order valence-corrected chi connectivity index (χ2v) is 5.85. The van der Waals surface area contributed by atoms with Crippen LogP contribution in [0.5, 0.6) is 0 Å². The Balaban J connectivity index is 2.01. The Morgan fingerprint density at radius 1 is 1.27 bits per heavy atom. The van der Waals surface area contributed by atoms with Crippen LogP contribution in [0.3, 0.4) is 0 Å². The molecule has 0 aliphatic carbocycles. The third-order valence-corrected chi connectivity index (χ3v) is 4.11. The Morgan fingerprint density at radius 3 is 2.77 bits per heavy atom. The molecule has 0 saturated heterocycles. The molecular formula is C17H16N2O2S. The Bertz CT molecular complexity index is 809. The number of rotatable bonds is 4. The normalized spacial score (nSPS) is 10.6. The number of thiophene rings is 1. The van der Waals surface area contributed by atoms with E-state index in [0.29, 0.717) is 18.1 Å². The number of hydrogen-bond acceptors (Lipinski definition) is 5. The largest absolute Gasteiger partial charge is 0.461 e. The molecule has 0 aliphatic heterocycles. The van der Waals surface area contributed by atoms with Crippen LogP contribution in [-0.2, 0) is 4.74 Å². The molecular weight excluding hydrogens is 296 g/mol. The number of ether oxygens (including phenoxy) is 1. The Labute approximate surface area is 132 Å². The summed E-state index contributed by atoms with van der Waals surface area (Å²) in [6, 6.07) is 11.8. The summed E-state index contributed by atoms with van der Waals surface area (Å²) in [4.78, 5) is 16.4. The first-order valence-corrected chi connectivity index (χ1v) is 7.94. The topological polar surface area (TPSA) is 51.2 Å². The summed E-state index contributed by atoms with van der Waals surface area (Å²) in [5.74, 6) is 0.274. The molecule has 3 rings (SSSR count). The molecule has 5 heteroatoms. The van der Waals surface area contributed by atoms with Gasteiger partial charge in [0.1, 0.15) is 5.82 Å². The molecule has 0 fully saturated rings. The maximum Gasteiger partial charge on any atom is 0.357 e. The second-order valence-electron chi connectivity index (χ2n) is 4.90. The number of benzene rings is 1. The summed E-state index contributed by atoms with van der Waals surface area (Å²) >= 11 is 1.58. The fraction of sp³-hybridized carbons (Fsp3) is 0.176. The summed E-state index contributed by atoms with van der Waals surface area (Å²) in [6.45, 7) is 4.16. The third-order valence-electron chi connectivity index (χ3n) is 3.25. The molecule has 0 unspecified atom stereocenters. The van der Waals surface area contributed by atoms with Crippen molar-refractivity contribution in [2.24, 2.45) is 0 Å². The van der Waals surface area contributed by atoms with Gasteiger partial charge < -0.3 is 10.1 Å². The van der Waals surface area contributed by atoms with Crippen LogP contribution in [0.15, 0.2) is 41.8 Å². The molecule has 0 spiro atoms. The zero-order valence-corrected chi connectivity index (χ0v) is 13.2. The van der Waals surface area contributed by atoms with Gasteiger partial charge in [-0.05, 0) is 43.5 Å². The van der Waals surface area contributed by atoms with E-state index in [-0.39, 0.29) is 0 Å². The van der Waals surface area contributed by atoms with Crippen LogP contribution in [0, 0.1) is 6.92 Å². The van der Waals surface area contributed by atoms with Gasteiger partial charge in [0, 0.05) is 15.8 Å². The fourth-order valence-corrected chi connectivity index (χ4v) is 2.97. The van der Waals surface area contributed by atoms with E-state index in [2.05, 4.69) is 10.3 Å². The van der Waals surface area contributed by atoms with Crippen LogP contribution < -0.4 is 5.32 Å². The van der Waals surface area contributed by atoms with Crippen LogP contribution in [0.2, 0.25) is 0 Å². The highest BCUT2D eigenvalue weighted by Crippen LogP contribution is 2.29. The van der Waals surface area contributed by atoms with Crippen molar-refractivity contribution in [1.82, 2.24) is 4.98 Å². The number of aryl methyl sites for hydroxylation is 1. The molecule has 3 aromatic rings. The van der Waals surface area contributed by atoms with E-state index in [1.54, 1.807) is 24.3 Å². The van der Waals surface area contributed by atoms with Crippen molar-refractivity contribution in [2.75, 3.05) is 11.9 Å².